The van der Waals surface area contributed by atoms with Crippen molar-refractivity contribution >= 4 is 21.9 Å². The molecule has 1 N–H and O–H groups in total. The molecular weight excluding hydrogens is 272 g/mol. The first-order valence-corrected chi connectivity index (χ1v) is 5.39. The molecule has 1 heterocycles. The van der Waals surface area contributed by atoms with Gasteiger partial charge in [0, 0.05) is 17.1 Å². The van der Waals surface area contributed by atoms with Gasteiger partial charge in [-0.3, -0.25) is 0 Å². The number of imidazole rings is 1. The Bertz CT molecular complexity index is 531. The normalized spacial score (nSPS) is 10.4. The summed E-state index contributed by atoms with van der Waals surface area (Å²) in [7, 11) is 1.77. The highest BCUT2D eigenvalue weighted by Crippen LogP contribution is 2.24. The largest absolute Gasteiger partial charge is 0.476 e. The van der Waals surface area contributed by atoms with Crippen LogP contribution in [0.2, 0.25) is 0 Å². The third-order valence-corrected chi connectivity index (χ3v) is 2.79. The van der Waals surface area contributed by atoms with Crippen molar-refractivity contribution in [3.05, 3.63) is 40.8 Å². The molecule has 16 heavy (non-hydrogen) atoms. The number of aryl methyl sites for hydroxylation is 1. The van der Waals surface area contributed by atoms with Crippen LogP contribution < -0.4 is 0 Å². The minimum absolute atomic E-state index is 0.0739. The van der Waals surface area contributed by atoms with Crippen LogP contribution in [0.25, 0.3) is 11.3 Å². The van der Waals surface area contributed by atoms with Crippen LogP contribution >= 0.6 is 15.9 Å². The van der Waals surface area contributed by atoms with Gasteiger partial charge in [0.1, 0.15) is 0 Å². The summed E-state index contributed by atoms with van der Waals surface area (Å²) in [6.07, 6.45) is 1.50. The fourth-order valence-electron chi connectivity index (χ4n) is 1.53. The Hall–Kier alpha value is -1.62. The molecule has 0 spiro atoms. The highest BCUT2D eigenvalue weighted by Gasteiger charge is 2.16. The third-order valence-electron chi connectivity index (χ3n) is 2.26. The Morgan fingerprint density at radius 3 is 2.56 bits per heavy atom. The lowest BCUT2D eigenvalue weighted by Gasteiger charge is -2.04. The van der Waals surface area contributed by atoms with Crippen LogP contribution in [0.3, 0.4) is 0 Å². The molecule has 0 atom stereocenters. The van der Waals surface area contributed by atoms with E-state index in [0.29, 0.717) is 5.69 Å². The first-order chi connectivity index (χ1) is 7.59. The monoisotopic (exact) mass is 280 g/mol. The first-order valence-electron chi connectivity index (χ1n) is 4.60. The number of carbonyl (C=O) groups is 1. The number of aromatic carboxylic acids is 1. The number of carboxylic acid groups (broad SMARTS) is 1. The number of nitrogens with zero attached hydrogens (tertiary/aromatic N) is 2. The predicted molar refractivity (Wildman–Crippen MR) is 63.3 cm³/mol. The number of rotatable bonds is 2. The molecule has 0 aliphatic carbocycles. The van der Waals surface area contributed by atoms with Gasteiger partial charge in [-0.05, 0) is 12.1 Å². The number of aromatic nitrogens is 2. The van der Waals surface area contributed by atoms with Gasteiger partial charge < -0.3 is 9.67 Å². The summed E-state index contributed by atoms with van der Waals surface area (Å²) in [5, 5.41) is 9.01. The minimum atomic E-state index is -1.02. The van der Waals surface area contributed by atoms with Gasteiger partial charge in [0.05, 0.1) is 12.0 Å². The summed E-state index contributed by atoms with van der Waals surface area (Å²) in [5.41, 5.74) is 1.52. The predicted octanol–water partition coefficient (Wildman–Crippen LogP) is 2.55. The van der Waals surface area contributed by atoms with Crippen LogP contribution in [0.1, 0.15) is 10.5 Å². The van der Waals surface area contributed by atoms with E-state index in [1.807, 2.05) is 24.3 Å². The molecule has 5 heteroatoms. The van der Waals surface area contributed by atoms with Gasteiger partial charge in [-0.1, -0.05) is 28.1 Å². The average Bonchev–Trinajstić information content (AvgIpc) is 2.62. The van der Waals surface area contributed by atoms with Gasteiger partial charge in [-0.25, -0.2) is 9.78 Å². The zero-order chi connectivity index (χ0) is 11.7. The highest BCUT2D eigenvalue weighted by molar-refractivity contribution is 9.10. The standard InChI is InChI=1S/C11H9BrN2O2/c1-14-6-13-9(11(15)16)10(14)7-2-4-8(12)5-3-7/h2-6H,1H3,(H,15,16). The number of benzene rings is 1. The molecule has 82 valence electrons. The van der Waals surface area contributed by atoms with E-state index in [1.54, 1.807) is 11.6 Å². The van der Waals surface area contributed by atoms with Crippen molar-refractivity contribution in [3.8, 4) is 11.3 Å². The van der Waals surface area contributed by atoms with E-state index in [1.165, 1.54) is 6.33 Å². The van der Waals surface area contributed by atoms with Crippen LogP contribution in [-0.2, 0) is 7.05 Å². The van der Waals surface area contributed by atoms with Crippen LogP contribution in [0.4, 0.5) is 0 Å². The van der Waals surface area contributed by atoms with Crippen molar-refractivity contribution in [1.82, 2.24) is 9.55 Å². The molecule has 2 aromatic rings. The number of hydrogen-bond acceptors (Lipinski definition) is 2. The molecule has 1 aromatic carbocycles. The van der Waals surface area contributed by atoms with Crippen molar-refractivity contribution in [1.29, 1.82) is 0 Å². The van der Waals surface area contributed by atoms with Crippen molar-refractivity contribution < 1.29 is 9.90 Å². The van der Waals surface area contributed by atoms with E-state index in [2.05, 4.69) is 20.9 Å². The number of hydrogen-bond donors (Lipinski definition) is 1. The Morgan fingerprint density at radius 2 is 2.00 bits per heavy atom. The Kier molecular flexibility index (Phi) is 2.78. The van der Waals surface area contributed by atoms with Crippen molar-refractivity contribution in [2.75, 3.05) is 0 Å². The maximum Gasteiger partial charge on any atom is 0.356 e. The van der Waals surface area contributed by atoms with Crippen LogP contribution in [0.15, 0.2) is 35.1 Å². The van der Waals surface area contributed by atoms with Crippen LogP contribution in [0, 0.1) is 0 Å². The molecule has 0 saturated carbocycles. The zero-order valence-electron chi connectivity index (χ0n) is 8.51. The smallest absolute Gasteiger partial charge is 0.356 e. The van der Waals surface area contributed by atoms with Gasteiger partial charge in [-0.2, -0.15) is 0 Å². The zero-order valence-corrected chi connectivity index (χ0v) is 10.1. The van der Waals surface area contributed by atoms with Gasteiger partial charge in [0.2, 0.25) is 0 Å². The number of carboxylic acids is 1. The summed E-state index contributed by atoms with van der Waals surface area (Å²) >= 11 is 3.34. The quantitative estimate of drug-likeness (QED) is 0.920. The molecule has 0 aliphatic heterocycles. The third kappa shape index (κ3) is 1.86. The topological polar surface area (TPSA) is 55.1 Å². The second-order valence-electron chi connectivity index (χ2n) is 3.36. The van der Waals surface area contributed by atoms with E-state index < -0.39 is 5.97 Å². The Morgan fingerprint density at radius 1 is 1.38 bits per heavy atom. The van der Waals surface area contributed by atoms with Crippen LogP contribution in [-0.4, -0.2) is 20.6 Å². The molecule has 0 amide bonds. The summed E-state index contributed by atoms with van der Waals surface area (Å²) in [6.45, 7) is 0. The molecule has 2 rings (SSSR count). The summed E-state index contributed by atoms with van der Waals surface area (Å²) in [5.74, 6) is -1.02. The van der Waals surface area contributed by atoms with E-state index in [-0.39, 0.29) is 5.69 Å². The average molecular weight is 281 g/mol. The molecule has 0 unspecified atom stereocenters. The maximum atomic E-state index is 11.0. The minimum Gasteiger partial charge on any atom is -0.476 e. The molecule has 0 saturated heterocycles. The second kappa shape index (κ2) is 4.09. The Balaban J connectivity index is 2.58. The molecular formula is C11H9BrN2O2. The van der Waals surface area contributed by atoms with E-state index in [9.17, 15) is 4.79 Å². The lowest BCUT2D eigenvalue weighted by atomic mass is 10.1. The van der Waals surface area contributed by atoms with E-state index in [0.717, 1.165) is 10.0 Å². The lowest BCUT2D eigenvalue weighted by Crippen LogP contribution is -2.01. The molecule has 0 fully saturated rings. The van der Waals surface area contributed by atoms with Gasteiger partial charge in [0.25, 0.3) is 0 Å². The van der Waals surface area contributed by atoms with Crippen molar-refractivity contribution in [3.63, 3.8) is 0 Å². The number of halogens is 1. The fraction of sp³-hybridized carbons (Fsp3) is 0.0909. The summed E-state index contributed by atoms with van der Waals surface area (Å²) < 4.78 is 2.66. The van der Waals surface area contributed by atoms with E-state index >= 15 is 0 Å². The first kappa shape index (κ1) is 10.9. The molecule has 0 radical (unpaired) electrons. The van der Waals surface area contributed by atoms with E-state index in [4.69, 9.17) is 5.11 Å². The van der Waals surface area contributed by atoms with Gasteiger partial charge >= 0.3 is 5.97 Å². The summed E-state index contributed by atoms with van der Waals surface area (Å²) in [4.78, 5) is 14.9. The molecule has 1 aromatic heterocycles. The second-order valence-corrected chi connectivity index (χ2v) is 4.28. The Labute approximate surface area is 101 Å². The summed E-state index contributed by atoms with van der Waals surface area (Å²) in [6, 6.07) is 7.45. The van der Waals surface area contributed by atoms with Gasteiger partial charge in [0.15, 0.2) is 5.69 Å². The molecule has 0 bridgehead atoms. The fourth-order valence-corrected chi connectivity index (χ4v) is 1.80. The van der Waals surface area contributed by atoms with Crippen molar-refractivity contribution in [2.24, 2.45) is 7.05 Å². The maximum absolute atomic E-state index is 11.0. The van der Waals surface area contributed by atoms with Crippen molar-refractivity contribution in [2.45, 2.75) is 0 Å². The van der Waals surface area contributed by atoms with Gasteiger partial charge in [-0.15, -0.1) is 0 Å². The molecule has 4 nitrogen and oxygen atoms in total. The molecule has 0 aliphatic rings. The highest BCUT2D eigenvalue weighted by atomic mass is 79.9. The SMILES string of the molecule is Cn1cnc(C(=O)O)c1-c1ccc(Br)cc1. The van der Waals surface area contributed by atoms with Crippen LogP contribution in [0.5, 0.6) is 0 Å². The lowest BCUT2D eigenvalue weighted by molar-refractivity contribution is 0.0692.